The molecule has 0 unspecified atom stereocenters. The van der Waals surface area contributed by atoms with Gasteiger partial charge in [-0.2, -0.15) is 0 Å². The second-order valence-corrected chi connectivity index (χ2v) is 4.84. The summed E-state index contributed by atoms with van der Waals surface area (Å²) in [6.07, 6.45) is 2.14. The van der Waals surface area contributed by atoms with E-state index in [1.807, 2.05) is 20.8 Å². The van der Waals surface area contributed by atoms with Gasteiger partial charge >= 0.3 is 5.97 Å². The first kappa shape index (κ1) is 14.9. The molecule has 0 fully saturated rings. The molecule has 0 saturated carbocycles. The molecule has 1 rings (SSSR count). The average Bonchev–Trinajstić information content (AvgIpc) is 2.36. The van der Waals surface area contributed by atoms with E-state index in [2.05, 4.69) is 10.3 Å². The lowest BCUT2D eigenvalue weighted by atomic mass is 10.0. The fourth-order valence-electron chi connectivity index (χ4n) is 1.23. The van der Waals surface area contributed by atoms with E-state index in [0.717, 1.165) is 6.42 Å². The Morgan fingerprint density at radius 2 is 2.11 bits per heavy atom. The number of esters is 1. The molecule has 1 heterocycles. The molecule has 3 N–H and O–H groups in total. The van der Waals surface area contributed by atoms with Crippen LogP contribution in [0.2, 0.25) is 0 Å². The van der Waals surface area contributed by atoms with Crippen LogP contribution in [0.3, 0.4) is 0 Å². The van der Waals surface area contributed by atoms with Crippen molar-refractivity contribution >= 4 is 17.6 Å². The molecule has 0 atom stereocenters. The molecule has 1 amide bonds. The minimum absolute atomic E-state index is 0.122. The van der Waals surface area contributed by atoms with Gasteiger partial charge in [-0.3, -0.25) is 4.79 Å². The highest BCUT2D eigenvalue weighted by molar-refractivity contribution is 5.89. The van der Waals surface area contributed by atoms with Crippen molar-refractivity contribution in [3.63, 3.8) is 0 Å². The summed E-state index contributed by atoms with van der Waals surface area (Å²) in [5.41, 5.74) is 5.72. The van der Waals surface area contributed by atoms with Crippen molar-refractivity contribution in [1.29, 1.82) is 0 Å². The van der Waals surface area contributed by atoms with Gasteiger partial charge in [0.15, 0.2) is 6.61 Å². The topological polar surface area (TPSA) is 94.3 Å². The van der Waals surface area contributed by atoms with Crippen molar-refractivity contribution in [3.05, 3.63) is 24.0 Å². The number of aromatic nitrogens is 1. The number of carbonyl (C=O) groups is 2. The van der Waals surface area contributed by atoms with Crippen molar-refractivity contribution in [2.45, 2.75) is 32.7 Å². The number of anilines is 1. The number of nitrogen functional groups attached to an aromatic ring is 1. The van der Waals surface area contributed by atoms with E-state index in [4.69, 9.17) is 10.5 Å². The molecule has 1 aromatic heterocycles. The fourth-order valence-corrected chi connectivity index (χ4v) is 1.23. The van der Waals surface area contributed by atoms with E-state index in [0.29, 0.717) is 5.69 Å². The lowest BCUT2D eigenvalue weighted by molar-refractivity contribution is -0.125. The largest absolute Gasteiger partial charge is 0.451 e. The van der Waals surface area contributed by atoms with Gasteiger partial charge in [0, 0.05) is 5.54 Å². The predicted octanol–water partition coefficient (Wildman–Crippen LogP) is 1.13. The van der Waals surface area contributed by atoms with Crippen LogP contribution in [-0.2, 0) is 9.53 Å². The van der Waals surface area contributed by atoms with E-state index >= 15 is 0 Å². The minimum atomic E-state index is -0.649. The third kappa shape index (κ3) is 4.95. The van der Waals surface area contributed by atoms with Crippen molar-refractivity contribution in [3.8, 4) is 0 Å². The van der Waals surface area contributed by atoms with E-state index in [1.165, 1.54) is 12.3 Å². The lowest BCUT2D eigenvalue weighted by Gasteiger charge is -2.24. The quantitative estimate of drug-likeness (QED) is 0.778. The Kier molecular flexibility index (Phi) is 4.86. The summed E-state index contributed by atoms with van der Waals surface area (Å²) in [6, 6.07) is 3.00. The van der Waals surface area contributed by atoms with Crippen LogP contribution in [0.15, 0.2) is 18.3 Å². The molecule has 0 aliphatic rings. The number of amides is 1. The maximum atomic E-state index is 11.6. The van der Waals surface area contributed by atoms with Crippen LogP contribution in [0, 0.1) is 0 Å². The summed E-state index contributed by atoms with van der Waals surface area (Å²) < 4.78 is 4.87. The first-order chi connectivity index (χ1) is 8.84. The molecular formula is C13H19N3O3. The van der Waals surface area contributed by atoms with E-state index < -0.39 is 5.97 Å². The molecule has 104 valence electrons. The monoisotopic (exact) mass is 265 g/mol. The highest BCUT2D eigenvalue weighted by atomic mass is 16.5. The Morgan fingerprint density at radius 1 is 1.42 bits per heavy atom. The van der Waals surface area contributed by atoms with Gasteiger partial charge in [0.25, 0.3) is 5.91 Å². The van der Waals surface area contributed by atoms with E-state index in [-0.39, 0.29) is 23.7 Å². The number of ether oxygens (including phenoxy) is 1. The summed E-state index contributed by atoms with van der Waals surface area (Å²) in [5, 5.41) is 2.77. The van der Waals surface area contributed by atoms with Crippen molar-refractivity contribution in [2.24, 2.45) is 0 Å². The number of nitrogens with two attached hydrogens (primary N) is 1. The van der Waals surface area contributed by atoms with Gasteiger partial charge < -0.3 is 15.8 Å². The standard InChI is InChI=1S/C13H19N3O3/c1-4-13(2,3)16-11(17)8-19-12(18)10-6-5-9(14)7-15-10/h5-7H,4,8,14H2,1-3H3,(H,16,17). The molecule has 1 aromatic rings. The zero-order chi connectivity index (χ0) is 14.5. The Morgan fingerprint density at radius 3 is 2.63 bits per heavy atom. The third-order valence-electron chi connectivity index (χ3n) is 2.69. The Bertz CT molecular complexity index is 455. The number of hydrogen-bond donors (Lipinski definition) is 2. The zero-order valence-corrected chi connectivity index (χ0v) is 11.4. The molecule has 6 nitrogen and oxygen atoms in total. The van der Waals surface area contributed by atoms with Gasteiger partial charge in [0.2, 0.25) is 0 Å². The minimum Gasteiger partial charge on any atom is -0.451 e. The number of pyridine rings is 1. The molecule has 6 heteroatoms. The third-order valence-corrected chi connectivity index (χ3v) is 2.69. The number of hydrogen-bond acceptors (Lipinski definition) is 5. The number of rotatable bonds is 5. The molecular weight excluding hydrogens is 246 g/mol. The van der Waals surface area contributed by atoms with Crippen LogP contribution in [0.1, 0.15) is 37.7 Å². The summed E-state index contributed by atoms with van der Waals surface area (Å²) in [5.74, 6) is -0.986. The van der Waals surface area contributed by atoms with Crippen LogP contribution < -0.4 is 11.1 Å². The van der Waals surface area contributed by atoms with Gasteiger partial charge in [-0.15, -0.1) is 0 Å². The van der Waals surface area contributed by atoms with Crippen LogP contribution in [0.5, 0.6) is 0 Å². The molecule has 0 bridgehead atoms. The van der Waals surface area contributed by atoms with Gasteiger partial charge in [-0.1, -0.05) is 6.92 Å². The second-order valence-electron chi connectivity index (χ2n) is 4.84. The van der Waals surface area contributed by atoms with Crippen molar-refractivity contribution in [1.82, 2.24) is 10.3 Å². The number of carbonyl (C=O) groups excluding carboxylic acids is 2. The van der Waals surface area contributed by atoms with Crippen molar-refractivity contribution < 1.29 is 14.3 Å². The summed E-state index contributed by atoms with van der Waals surface area (Å²) >= 11 is 0. The summed E-state index contributed by atoms with van der Waals surface area (Å²) in [6.45, 7) is 5.43. The molecule has 0 aliphatic carbocycles. The number of nitrogens with zero attached hydrogens (tertiary/aromatic N) is 1. The zero-order valence-electron chi connectivity index (χ0n) is 11.4. The van der Waals surface area contributed by atoms with Crippen molar-refractivity contribution in [2.75, 3.05) is 12.3 Å². The first-order valence-corrected chi connectivity index (χ1v) is 6.04. The van der Waals surface area contributed by atoms with E-state index in [9.17, 15) is 9.59 Å². The molecule has 0 aromatic carbocycles. The van der Waals surface area contributed by atoms with Crippen LogP contribution in [-0.4, -0.2) is 29.0 Å². The SMILES string of the molecule is CCC(C)(C)NC(=O)COC(=O)c1ccc(N)cn1. The average molecular weight is 265 g/mol. The van der Waals surface area contributed by atoms with Crippen LogP contribution in [0.25, 0.3) is 0 Å². The van der Waals surface area contributed by atoms with E-state index in [1.54, 1.807) is 6.07 Å². The van der Waals surface area contributed by atoms with Gasteiger partial charge in [-0.05, 0) is 32.4 Å². The lowest BCUT2D eigenvalue weighted by Crippen LogP contribution is -2.44. The molecule has 0 saturated heterocycles. The summed E-state index contributed by atoms with van der Waals surface area (Å²) in [4.78, 5) is 27.0. The van der Waals surface area contributed by atoms with Gasteiger partial charge in [0.1, 0.15) is 5.69 Å². The molecule has 0 aliphatic heterocycles. The molecule has 0 spiro atoms. The van der Waals surface area contributed by atoms with Crippen LogP contribution in [0.4, 0.5) is 5.69 Å². The smallest absolute Gasteiger partial charge is 0.357 e. The normalized spacial score (nSPS) is 10.9. The highest BCUT2D eigenvalue weighted by Crippen LogP contribution is 2.07. The Labute approximate surface area is 112 Å². The number of nitrogens with one attached hydrogen (secondary N) is 1. The first-order valence-electron chi connectivity index (χ1n) is 6.04. The molecule has 0 radical (unpaired) electrons. The summed E-state index contributed by atoms with van der Waals surface area (Å²) in [7, 11) is 0. The molecule has 19 heavy (non-hydrogen) atoms. The second kappa shape index (κ2) is 6.17. The highest BCUT2D eigenvalue weighted by Gasteiger charge is 2.19. The Hall–Kier alpha value is -2.11. The van der Waals surface area contributed by atoms with Crippen LogP contribution >= 0.6 is 0 Å². The van der Waals surface area contributed by atoms with Gasteiger partial charge in [0.05, 0.1) is 11.9 Å². The maximum Gasteiger partial charge on any atom is 0.357 e. The fraction of sp³-hybridized carbons (Fsp3) is 0.462. The van der Waals surface area contributed by atoms with Gasteiger partial charge in [-0.25, -0.2) is 9.78 Å². The maximum absolute atomic E-state index is 11.6. The Balaban J connectivity index is 2.46. The predicted molar refractivity (Wildman–Crippen MR) is 71.4 cm³/mol.